The van der Waals surface area contributed by atoms with Crippen molar-refractivity contribution in [3.8, 4) is 0 Å². The summed E-state index contributed by atoms with van der Waals surface area (Å²) in [7, 11) is 0. The van der Waals surface area contributed by atoms with E-state index >= 15 is 0 Å². The fourth-order valence-corrected chi connectivity index (χ4v) is 1.81. The average Bonchev–Trinajstić information content (AvgIpc) is 2.35. The average molecular weight is 245 g/mol. The quantitative estimate of drug-likeness (QED) is 0.551. The molecule has 1 amide bonds. The summed E-state index contributed by atoms with van der Waals surface area (Å²) in [5.41, 5.74) is 5.34. The Morgan fingerprint density at radius 1 is 1.59 bits per heavy atom. The zero-order chi connectivity index (χ0) is 12.5. The number of nitrogens with zero attached hydrogens (tertiary/aromatic N) is 1. The number of carbonyl (C=O) groups is 1. The summed E-state index contributed by atoms with van der Waals surface area (Å²) in [5.74, 6) is 0.0334. The maximum atomic E-state index is 11.8. The Kier molecular flexibility index (Phi) is 7.11. The van der Waals surface area contributed by atoms with Crippen LogP contribution in [0.25, 0.3) is 0 Å². The van der Waals surface area contributed by atoms with Crippen molar-refractivity contribution in [1.82, 2.24) is 10.2 Å². The van der Waals surface area contributed by atoms with E-state index in [1.165, 1.54) is 0 Å². The lowest BCUT2D eigenvalue weighted by Gasteiger charge is -2.34. The molecule has 0 saturated carbocycles. The van der Waals surface area contributed by atoms with E-state index in [1.807, 2.05) is 6.92 Å². The minimum absolute atomic E-state index is 0.0334. The molecule has 1 saturated heterocycles. The molecule has 0 aromatic rings. The summed E-state index contributed by atoms with van der Waals surface area (Å²) in [5, 5.41) is 2.83. The summed E-state index contributed by atoms with van der Waals surface area (Å²) >= 11 is 0. The molecule has 1 unspecified atom stereocenters. The number of ether oxygens (including phenoxy) is 2. The number of likely N-dealkylation sites (N-methyl/N-ethyl adjacent to an activating group) is 1. The van der Waals surface area contributed by atoms with Gasteiger partial charge in [-0.2, -0.15) is 0 Å². The van der Waals surface area contributed by atoms with Gasteiger partial charge in [0.2, 0.25) is 5.91 Å². The lowest BCUT2D eigenvalue weighted by Crippen LogP contribution is -2.54. The molecule has 1 fully saturated rings. The highest BCUT2D eigenvalue weighted by molar-refractivity contribution is 5.81. The zero-order valence-electron chi connectivity index (χ0n) is 10.5. The van der Waals surface area contributed by atoms with Crippen molar-refractivity contribution in [2.24, 2.45) is 5.73 Å². The van der Waals surface area contributed by atoms with Crippen molar-refractivity contribution in [2.75, 3.05) is 52.6 Å². The van der Waals surface area contributed by atoms with E-state index in [9.17, 15) is 4.79 Å². The monoisotopic (exact) mass is 245 g/mol. The normalized spacial score (nSPS) is 21.4. The summed E-state index contributed by atoms with van der Waals surface area (Å²) in [6, 6.07) is -0.190. The fourth-order valence-electron chi connectivity index (χ4n) is 1.81. The molecule has 0 aliphatic carbocycles. The van der Waals surface area contributed by atoms with E-state index < -0.39 is 0 Å². The van der Waals surface area contributed by atoms with Gasteiger partial charge in [-0.05, 0) is 6.92 Å². The van der Waals surface area contributed by atoms with Gasteiger partial charge in [0.05, 0.1) is 26.4 Å². The highest BCUT2D eigenvalue weighted by Gasteiger charge is 2.28. The van der Waals surface area contributed by atoms with E-state index in [2.05, 4.69) is 10.2 Å². The standard InChI is InChI=1S/C11H23N3O3/c1-2-13-11(15)10-9-17-8-5-14(10)4-7-16-6-3-12/h10H,2-9,12H2,1H3,(H,13,15). The zero-order valence-corrected chi connectivity index (χ0v) is 10.5. The van der Waals surface area contributed by atoms with Crippen LogP contribution >= 0.6 is 0 Å². The Hall–Kier alpha value is -0.690. The van der Waals surface area contributed by atoms with Gasteiger partial charge in [0.1, 0.15) is 6.04 Å². The first-order valence-electron chi connectivity index (χ1n) is 6.17. The molecule has 1 aliphatic heterocycles. The number of morpholine rings is 1. The molecule has 6 heteroatoms. The molecule has 0 bridgehead atoms. The first-order valence-corrected chi connectivity index (χ1v) is 6.17. The molecule has 0 spiro atoms. The number of rotatable bonds is 7. The third-order valence-electron chi connectivity index (χ3n) is 2.68. The van der Waals surface area contributed by atoms with Crippen LogP contribution in [0.3, 0.4) is 0 Å². The highest BCUT2D eigenvalue weighted by atomic mass is 16.5. The predicted octanol–water partition coefficient (Wildman–Crippen LogP) is -1.20. The second-order valence-corrected chi connectivity index (χ2v) is 3.92. The third kappa shape index (κ3) is 4.99. The molecule has 1 rings (SSSR count). The fraction of sp³-hybridized carbons (Fsp3) is 0.909. The second kappa shape index (κ2) is 8.41. The van der Waals surface area contributed by atoms with Crippen LogP contribution in [0.15, 0.2) is 0 Å². The number of amides is 1. The van der Waals surface area contributed by atoms with Gasteiger partial charge in [0.15, 0.2) is 0 Å². The van der Waals surface area contributed by atoms with Crippen molar-refractivity contribution in [3.05, 3.63) is 0 Å². The molecule has 1 aliphatic rings. The van der Waals surface area contributed by atoms with Crippen LogP contribution in [0.4, 0.5) is 0 Å². The molecule has 0 radical (unpaired) electrons. The molecule has 1 heterocycles. The van der Waals surface area contributed by atoms with Gasteiger partial charge in [-0.15, -0.1) is 0 Å². The maximum absolute atomic E-state index is 11.8. The Bertz CT molecular complexity index is 226. The smallest absolute Gasteiger partial charge is 0.239 e. The Morgan fingerprint density at radius 2 is 2.41 bits per heavy atom. The van der Waals surface area contributed by atoms with Gasteiger partial charge < -0.3 is 20.5 Å². The van der Waals surface area contributed by atoms with Crippen LogP contribution in [-0.4, -0.2) is 69.5 Å². The van der Waals surface area contributed by atoms with E-state index in [-0.39, 0.29) is 11.9 Å². The summed E-state index contributed by atoms with van der Waals surface area (Å²) in [6.07, 6.45) is 0. The van der Waals surface area contributed by atoms with Crippen LogP contribution in [0.1, 0.15) is 6.92 Å². The van der Waals surface area contributed by atoms with Gasteiger partial charge in [0.25, 0.3) is 0 Å². The predicted molar refractivity (Wildman–Crippen MR) is 64.7 cm³/mol. The van der Waals surface area contributed by atoms with Crippen molar-refractivity contribution in [3.63, 3.8) is 0 Å². The van der Waals surface area contributed by atoms with Gasteiger partial charge in [-0.3, -0.25) is 9.69 Å². The van der Waals surface area contributed by atoms with Crippen LogP contribution in [0.2, 0.25) is 0 Å². The van der Waals surface area contributed by atoms with Crippen LogP contribution in [0, 0.1) is 0 Å². The number of hydrogen-bond acceptors (Lipinski definition) is 5. The van der Waals surface area contributed by atoms with Crippen LogP contribution < -0.4 is 11.1 Å². The first kappa shape index (κ1) is 14.4. The molecular weight excluding hydrogens is 222 g/mol. The molecular formula is C11H23N3O3. The molecule has 100 valence electrons. The highest BCUT2D eigenvalue weighted by Crippen LogP contribution is 2.06. The minimum Gasteiger partial charge on any atom is -0.379 e. The molecule has 0 aromatic carbocycles. The first-order chi connectivity index (χ1) is 8.29. The minimum atomic E-state index is -0.190. The lowest BCUT2D eigenvalue weighted by molar-refractivity contribution is -0.132. The lowest BCUT2D eigenvalue weighted by atomic mass is 10.2. The molecule has 1 atom stereocenters. The summed E-state index contributed by atoms with van der Waals surface area (Å²) in [4.78, 5) is 13.9. The largest absolute Gasteiger partial charge is 0.379 e. The third-order valence-corrected chi connectivity index (χ3v) is 2.68. The maximum Gasteiger partial charge on any atom is 0.239 e. The van der Waals surface area contributed by atoms with E-state index in [4.69, 9.17) is 15.2 Å². The topological polar surface area (TPSA) is 76.8 Å². The number of hydrogen-bond donors (Lipinski definition) is 2. The van der Waals surface area contributed by atoms with Crippen LogP contribution in [0.5, 0.6) is 0 Å². The Balaban J connectivity index is 2.34. The SMILES string of the molecule is CCNC(=O)C1COCCN1CCOCCN. The van der Waals surface area contributed by atoms with Gasteiger partial charge in [-0.1, -0.05) is 0 Å². The van der Waals surface area contributed by atoms with E-state index in [1.54, 1.807) is 0 Å². The van der Waals surface area contributed by atoms with Crippen molar-refractivity contribution in [2.45, 2.75) is 13.0 Å². The van der Waals surface area contributed by atoms with Gasteiger partial charge in [0, 0.05) is 26.2 Å². The van der Waals surface area contributed by atoms with E-state index in [0.717, 1.165) is 13.1 Å². The summed E-state index contributed by atoms with van der Waals surface area (Å²) in [6.45, 7) is 6.91. The molecule has 3 N–H and O–H groups in total. The molecule has 0 aromatic heterocycles. The second-order valence-electron chi connectivity index (χ2n) is 3.92. The van der Waals surface area contributed by atoms with Gasteiger partial charge >= 0.3 is 0 Å². The number of nitrogens with one attached hydrogen (secondary N) is 1. The van der Waals surface area contributed by atoms with Gasteiger partial charge in [-0.25, -0.2) is 0 Å². The summed E-state index contributed by atoms with van der Waals surface area (Å²) < 4.78 is 10.7. The number of nitrogens with two attached hydrogens (primary N) is 1. The van der Waals surface area contributed by atoms with Crippen molar-refractivity contribution in [1.29, 1.82) is 0 Å². The van der Waals surface area contributed by atoms with Crippen LogP contribution in [-0.2, 0) is 14.3 Å². The van der Waals surface area contributed by atoms with E-state index in [0.29, 0.717) is 39.5 Å². The Morgan fingerprint density at radius 3 is 3.12 bits per heavy atom. The molecule has 17 heavy (non-hydrogen) atoms. The molecule has 6 nitrogen and oxygen atoms in total. The number of carbonyl (C=O) groups excluding carboxylic acids is 1. The Labute approximate surface area is 102 Å². The van der Waals surface area contributed by atoms with Crippen molar-refractivity contribution < 1.29 is 14.3 Å². The van der Waals surface area contributed by atoms with Crippen molar-refractivity contribution >= 4 is 5.91 Å².